The zero-order chi connectivity index (χ0) is 10.5. The second-order valence-corrected chi connectivity index (χ2v) is 3.95. The number of hydrogen-bond donors (Lipinski definition) is 2. The highest BCUT2D eigenvalue weighted by atomic mass is 14.8. The first-order valence-electron chi connectivity index (χ1n) is 5.26. The second-order valence-electron chi connectivity index (χ2n) is 3.95. The molecule has 16 heavy (non-hydrogen) atoms. The third-order valence-electron chi connectivity index (χ3n) is 3.05. The van der Waals surface area contributed by atoms with Gasteiger partial charge in [-0.15, -0.1) is 0 Å². The van der Waals surface area contributed by atoms with Crippen LogP contribution in [0.15, 0.2) is 42.7 Å². The molecular formula is C13H9N3. The van der Waals surface area contributed by atoms with Crippen LogP contribution in [0.4, 0.5) is 0 Å². The van der Waals surface area contributed by atoms with Crippen LogP contribution in [0, 0.1) is 0 Å². The van der Waals surface area contributed by atoms with Crippen LogP contribution in [0.25, 0.3) is 32.8 Å². The van der Waals surface area contributed by atoms with Crippen LogP contribution >= 0.6 is 0 Å². The quantitative estimate of drug-likeness (QED) is 0.457. The third-order valence-corrected chi connectivity index (χ3v) is 3.05. The molecule has 3 aromatic heterocycles. The van der Waals surface area contributed by atoms with Crippen molar-refractivity contribution in [2.45, 2.75) is 0 Å². The summed E-state index contributed by atoms with van der Waals surface area (Å²) in [5.41, 5.74) is 4.41. The molecule has 4 aromatic rings. The number of fused-ring (bicyclic) bond motifs is 5. The van der Waals surface area contributed by atoms with Gasteiger partial charge in [-0.3, -0.25) is 4.98 Å². The number of aromatic amines is 2. The highest BCUT2D eigenvalue weighted by molar-refractivity contribution is 6.14. The lowest BCUT2D eigenvalue weighted by Crippen LogP contribution is -1.72. The number of aromatic nitrogens is 3. The molecule has 2 N–H and O–H groups in total. The van der Waals surface area contributed by atoms with Crippen LogP contribution in [-0.2, 0) is 0 Å². The van der Waals surface area contributed by atoms with Gasteiger partial charge in [0.15, 0.2) is 0 Å². The summed E-state index contributed by atoms with van der Waals surface area (Å²) >= 11 is 0. The standard InChI is InChI=1S/C13H9N3/c1-2-10-12(14-6-1)9-4-3-8-5-7-15-11(8)13(9)16-10/h1-7,14,16H. The number of nitrogens with one attached hydrogen (secondary N) is 2. The summed E-state index contributed by atoms with van der Waals surface area (Å²) in [7, 11) is 0. The van der Waals surface area contributed by atoms with E-state index in [1.165, 1.54) is 10.8 Å². The Kier molecular flexibility index (Phi) is 1.31. The third kappa shape index (κ3) is 0.852. The van der Waals surface area contributed by atoms with Gasteiger partial charge in [-0.1, -0.05) is 6.07 Å². The molecule has 0 unspecified atom stereocenters. The Bertz CT molecular complexity index is 808. The number of rotatable bonds is 0. The largest absolute Gasteiger partial charge is 0.359 e. The van der Waals surface area contributed by atoms with Crippen molar-refractivity contribution in [1.82, 2.24) is 15.0 Å². The van der Waals surface area contributed by atoms with Gasteiger partial charge in [0.1, 0.15) is 0 Å². The zero-order valence-corrected chi connectivity index (χ0v) is 8.49. The summed E-state index contributed by atoms with van der Waals surface area (Å²) in [6, 6.07) is 10.3. The summed E-state index contributed by atoms with van der Waals surface area (Å²) in [5, 5.41) is 2.38. The Balaban J connectivity index is 2.38. The van der Waals surface area contributed by atoms with Crippen LogP contribution in [0.5, 0.6) is 0 Å². The van der Waals surface area contributed by atoms with E-state index >= 15 is 0 Å². The van der Waals surface area contributed by atoms with Gasteiger partial charge in [-0.2, -0.15) is 0 Å². The van der Waals surface area contributed by atoms with E-state index in [4.69, 9.17) is 0 Å². The summed E-state index contributed by atoms with van der Waals surface area (Å²) in [5.74, 6) is 0. The normalized spacial score (nSPS) is 11.8. The Morgan fingerprint density at radius 1 is 1.00 bits per heavy atom. The first-order chi connectivity index (χ1) is 7.93. The predicted octanol–water partition coefficient (Wildman–Crippen LogP) is 3.20. The number of benzene rings is 1. The monoisotopic (exact) mass is 207 g/mol. The molecule has 0 saturated carbocycles. The van der Waals surface area contributed by atoms with E-state index in [2.05, 4.69) is 33.2 Å². The van der Waals surface area contributed by atoms with Crippen LogP contribution < -0.4 is 0 Å². The van der Waals surface area contributed by atoms with Gasteiger partial charge in [0.2, 0.25) is 0 Å². The van der Waals surface area contributed by atoms with E-state index in [1.807, 2.05) is 24.5 Å². The minimum atomic E-state index is 1.04. The molecule has 0 spiro atoms. The molecule has 0 aliphatic heterocycles. The number of H-pyrrole nitrogens is 2. The lowest BCUT2D eigenvalue weighted by Gasteiger charge is -1.92. The van der Waals surface area contributed by atoms with E-state index in [-0.39, 0.29) is 0 Å². The molecule has 4 rings (SSSR count). The van der Waals surface area contributed by atoms with Gasteiger partial charge in [0.25, 0.3) is 0 Å². The van der Waals surface area contributed by atoms with Crippen LogP contribution in [0.2, 0.25) is 0 Å². The van der Waals surface area contributed by atoms with Crippen molar-refractivity contribution in [3.05, 3.63) is 42.7 Å². The first kappa shape index (κ1) is 7.93. The maximum atomic E-state index is 4.40. The topological polar surface area (TPSA) is 44.5 Å². The van der Waals surface area contributed by atoms with Gasteiger partial charge in [-0.05, 0) is 24.3 Å². The molecule has 0 saturated heterocycles. The highest BCUT2D eigenvalue weighted by Crippen LogP contribution is 2.28. The van der Waals surface area contributed by atoms with Crippen molar-refractivity contribution in [2.24, 2.45) is 0 Å². The molecule has 3 heteroatoms. The fourth-order valence-electron chi connectivity index (χ4n) is 2.31. The van der Waals surface area contributed by atoms with Crippen LogP contribution in [0.3, 0.4) is 0 Å². The first-order valence-corrected chi connectivity index (χ1v) is 5.26. The SMILES string of the molecule is c1c[nH]c2c(c1)[nH]c1c2ccc2ccnc21. The minimum absolute atomic E-state index is 1.04. The fraction of sp³-hybridized carbons (Fsp3) is 0. The van der Waals surface area contributed by atoms with Crippen LogP contribution in [0.1, 0.15) is 0 Å². The summed E-state index contributed by atoms with van der Waals surface area (Å²) < 4.78 is 0. The van der Waals surface area contributed by atoms with E-state index < -0.39 is 0 Å². The molecule has 3 heterocycles. The number of nitrogens with zero attached hydrogens (tertiary/aromatic N) is 1. The molecule has 1 aromatic carbocycles. The summed E-state index contributed by atoms with van der Waals surface area (Å²) in [6.45, 7) is 0. The average Bonchev–Trinajstić information content (AvgIpc) is 2.92. The maximum absolute atomic E-state index is 4.40. The molecule has 0 bridgehead atoms. The van der Waals surface area contributed by atoms with Crippen molar-refractivity contribution in [3.8, 4) is 0 Å². The smallest absolute Gasteiger partial charge is 0.0944 e. The van der Waals surface area contributed by atoms with E-state index in [1.54, 1.807) is 0 Å². The van der Waals surface area contributed by atoms with Gasteiger partial charge in [0, 0.05) is 23.2 Å². The Hall–Kier alpha value is -2.29. The zero-order valence-electron chi connectivity index (χ0n) is 8.49. The Morgan fingerprint density at radius 3 is 3.00 bits per heavy atom. The van der Waals surface area contributed by atoms with Crippen molar-refractivity contribution in [3.63, 3.8) is 0 Å². The molecule has 76 valence electrons. The fourth-order valence-corrected chi connectivity index (χ4v) is 2.31. The number of hydrogen-bond acceptors (Lipinski definition) is 1. The molecule has 0 fully saturated rings. The van der Waals surface area contributed by atoms with Gasteiger partial charge in [0.05, 0.1) is 22.1 Å². The molecule has 0 aliphatic carbocycles. The van der Waals surface area contributed by atoms with Gasteiger partial charge >= 0.3 is 0 Å². The lowest BCUT2D eigenvalue weighted by atomic mass is 10.2. The molecular weight excluding hydrogens is 198 g/mol. The minimum Gasteiger partial charge on any atom is -0.359 e. The summed E-state index contributed by atoms with van der Waals surface area (Å²) in [4.78, 5) is 11.1. The van der Waals surface area contributed by atoms with Crippen LogP contribution in [-0.4, -0.2) is 15.0 Å². The summed E-state index contributed by atoms with van der Waals surface area (Å²) in [6.07, 6.45) is 3.79. The van der Waals surface area contributed by atoms with Crippen molar-refractivity contribution in [1.29, 1.82) is 0 Å². The molecule has 0 aliphatic rings. The van der Waals surface area contributed by atoms with Crippen molar-refractivity contribution >= 4 is 32.8 Å². The molecule has 0 atom stereocenters. The Labute approximate surface area is 91.1 Å². The van der Waals surface area contributed by atoms with Gasteiger partial charge in [-0.25, -0.2) is 0 Å². The van der Waals surface area contributed by atoms with E-state index in [9.17, 15) is 0 Å². The predicted molar refractivity (Wildman–Crippen MR) is 65.5 cm³/mol. The number of pyridine rings is 1. The second kappa shape index (κ2) is 2.64. The van der Waals surface area contributed by atoms with Crippen molar-refractivity contribution in [2.75, 3.05) is 0 Å². The van der Waals surface area contributed by atoms with Gasteiger partial charge < -0.3 is 9.97 Å². The van der Waals surface area contributed by atoms with Crippen molar-refractivity contribution < 1.29 is 0 Å². The molecule has 0 amide bonds. The van der Waals surface area contributed by atoms with E-state index in [0.29, 0.717) is 0 Å². The molecule has 3 nitrogen and oxygen atoms in total. The Morgan fingerprint density at radius 2 is 2.00 bits per heavy atom. The molecule has 0 radical (unpaired) electrons. The maximum Gasteiger partial charge on any atom is 0.0944 e. The average molecular weight is 207 g/mol. The highest BCUT2D eigenvalue weighted by Gasteiger charge is 2.07. The van der Waals surface area contributed by atoms with E-state index in [0.717, 1.165) is 22.1 Å². The lowest BCUT2D eigenvalue weighted by molar-refractivity contribution is 1.41.